The third kappa shape index (κ3) is 15.7. The molecule has 10 heteroatoms. The number of ether oxygens (including phenoxy) is 2. The van der Waals surface area contributed by atoms with E-state index in [1.54, 1.807) is 0 Å². The van der Waals surface area contributed by atoms with Gasteiger partial charge in [-0.1, -0.05) is 272 Å². The highest BCUT2D eigenvalue weighted by Crippen LogP contribution is 2.46. The Labute approximate surface area is 530 Å². The van der Waals surface area contributed by atoms with Crippen LogP contribution in [0.4, 0.5) is 0 Å². The van der Waals surface area contributed by atoms with Crippen molar-refractivity contribution >= 4 is 65.0 Å². The van der Waals surface area contributed by atoms with Gasteiger partial charge in [-0.05, 0) is 114 Å². The second-order valence-corrected chi connectivity index (χ2v) is 53.5. The number of esters is 2. The van der Waals surface area contributed by atoms with Gasteiger partial charge >= 0.3 is 11.9 Å². The van der Waals surface area contributed by atoms with Gasteiger partial charge < -0.3 is 20.1 Å². The molecule has 0 fully saturated rings. The Hall–Kier alpha value is -4.17. The van der Waals surface area contributed by atoms with Crippen molar-refractivity contribution in [1.82, 2.24) is 0 Å². The molecular weight excluding hydrogens is 1120 g/mol. The monoisotopic (exact) mass is 1240 g/mol. The van der Waals surface area contributed by atoms with E-state index in [9.17, 15) is 9.59 Å². The third-order valence-electron chi connectivity index (χ3n) is 21.6. The van der Waals surface area contributed by atoms with Crippen molar-refractivity contribution in [1.29, 1.82) is 0 Å². The molecule has 474 valence electrons. The van der Waals surface area contributed by atoms with Crippen molar-refractivity contribution < 1.29 is 29.7 Å². The van der Waals surface area contributed by atoms with Gasteiger partial charge in [-0.2, -0.15) is 0 Å². The van der Waals surface area contributed by atoms with E-state index in [-0.39, 0.29) is 25.2 Å². The van der Waals surface area contributed by atoms with Crippen molar-refractivity contribution in [2.24, 2.45) is 0 Å². The van der Waals surface area contributed by atoms with Crippen LogP contribution in [0.5, 0.6) is 0 Å². The van der Waals surface area contributed by atoms with Gasteiger partial charge in [-0.15, -0.1) is 0 Å². The fraction of sp³-hybridized carbons (Fsp3) is 0.579. The molecule has 0 aromatic heterocycles. The lowest BCUT2D eigenvalue weighted by atomic mass is 10.1. The lowest BCUT2D eigenvalue weighted by molar-refractivity contribution is -0.686. The highest BCUT2D eigenvalue weighted by atomic mass is 28.3. The molecule has 86 heavy (non-hydrogen) atoms. The predicted octanol–water partition coefficient (Wildman–Crippen LogP) is 16.9. The van der Waals surface area contributed by atoms with Gasteiger partial charge in [0, 0.05) is 23.1 Å². The molecule has 0 saturated heterocycles. The van der Waals surface area contributed by atoms with Crippen LogP contribution >= 0.6 is 0 Å². The van der Waals surface area contributed by atoms with Crippen LogP contribution in [-0.4, -0.2) is 50.8 Å². The highest BCUT2D eigenvalue weighted by Gasteiger charge is 2.50. The number of quaternary nitrogens is 2. The normalized spacial score (nSPS) is 13.1. The topological polar surface area (TPSA) is 85.8 Å². The first kappa shape index (κ1) is 72.6. The number of rotatable bonds is 32. The summed E-state index contributed by atoms with van der Waals surface area (Å²) in [5.74, 6) is -0.413. The van der Waals surface area contributed by atoms with Gasteiger partial charge in [-0.25, -0.2) is 9.59 Å². The summed E-state index contributed by atoms with van der Waals surface area (Å²) in [6.45, 7) is 62.4. The predicted molar refractivity (Wildman–Crippen MR) is 381 cm³/mol. The van der Waals surface area contributed by atoms with E-state index < -0.39 is 32.3 Å². The molecule has 5 aromatic rings. The average molecular weight is 1240 g/mol. The van der Waals surface area contributed by atoms with Gasteiger partial charge in [0.1, 0.15) is 32.8 Å². The van der Waals surface area contributed by atoms with Crippen LogP contribution in [-0.2, 0) is 48.7 Å². The van der Waals surface area contributed by atoms with Crippen LogP contribution in [0, 0.1) is 0 Å². The molecule has 0 aliphatic heterocycles. The van der Waals surface area contributed by atoms with Crippen molar-refractivity contribution in [3.63, 3.8) is 0 Å². The van der Waals surface area contributed by atoms with Crippen molar-refractivity contribution in [2.45, 2.75) is 278 Å². The Balaban J connectivity index is 1.11. The molecule has 0 saturated carbocycles. The lowest BCUT2D eigenvalue weighted by Gasteiger charge is -2.47. The molecule has 0 unspecified atom stereocenters. The number of benzene rings is 5. The number of hydrogen-bond donors (Lipinski definition) is 2. The Morgan fingerprint density at radius 1 is 0.314 bits per heavy atom. The zero-order valence-electron chi connectivity index (χ0n) is 58.8. The summed E-state index contributed by atoms with van der Waals surface area (Å²) < 4.78 is 12.4. The summed E-state index contributed by atoms with van der Waals surface area (Å²) >= 11 is 0. The van der Waals surface area contributed by atoms with E-state index in [2.05, 4.69) is 286 Å². The van der Waals surface area contributed by atoms with Crippen LogP contribution in [0.25, 0.3) is 0 Å². The summed E-state index contributed by atoms with van der Waals surface area (Å²) in [5, 5.41) is 10.5. The molecule has 5 aromatic carbocycles. The second kappa shape index (κ2) is 31.5. The standard InChI is InChI=1S/C76H120N2O4Si4/c1-51(2)83(52(3)4,53(5)6)71-40-69(41-72(44-71)84(54(7)8,55(9)10)56(11)12)75(79)81-49-67-35-31-64(32-36-67)46-77-39-25-26-63-27-29-65(30-28-63)47-78-48-66-33-37-68(38-34-66)50-82-76(80)70-42-73(85(57(13)14,58(15)16)59(17)18)45-74(43-70)86(60(19)20,61(21)22)62(23)24/h27-38,40-45,51-62,77-78H,25-26,39,46-50H2,1-24H3/p+2. The molecule has 4 N–H and O–H groups in total. The van der Waals surface area contributed by atoms with E-state index in [0.29, 0.717) is 66.5 Å². The first-order chi connectivity index (χ1) is 40.4. The Kier molecular flexibility index (Phi) is 26.6. The summed E-state index contributed by atoms with van der Waals surface area (Å²) in [6, 6.07) is 40.6. The second-order valence-electron chi connectivity index (χ2n) is 29.9. The molecular formula is C76H122N2O4Si4+2. The van der Waals surface area contributed by atoms with Crippen molar-refractivity contribution in [3.05, 3.63) is 154 Å². The highest BCUT2D eigenvalue weighted by molar-refractivity contribution is 6.98. The van der Waals surface area contributed by atoms with E-state index >= 15 is 0 Å². The summed E-state index contributed by atoms with van der Waals surface area (Å²) in [5.41, 5.74) is 15.2. The molecule has 0 aliphatic rings. The molecule has 5 rings (SSSR count). The van der Waals surface area contributed by atoms with Crippen molar-refractivity contribution in [3.8, 4) is 0 Å². The van der Waals surface area contributed by atoms with Crippen LogP contribution in [0.1, 0.15) is 227 Å². The number of hydrogen-bond acceptors (Lipinski definition) is 4. The van der Waals surface area contributed by atoms with E-state index in [1.807, 2.05) is 0 Å². The maximum absolute atomic E-state index is 14.2. The maximum atomic E-state index is 14.2. The Morgan fingerprint density at radius 3 is 0.779 bits per heavy atom. The molecule has 0 spiro atoms. The number of carbonyl (C=O) groups excluding carboxylic acids is 2. The third-order valence-corrected chi connectivity index (χ3v) is 49.7. The minimum atomic E-state index is -2.06. The zero-order chi connectivity index (χ0) is 64.2. The van der Waals surface area contributed by atoms with Gasteiger partial charge in [0.15, 0.2) is 0 Å². The first-order valence-corrected chi connectivity index (χ1v) is 42.8. The molecule has 6 nitrogen and oxygen atoms in total. The minimum Gasteiger partial charge on any atom is -0.457 e. The summed E-state index contributed by atoms with van der Waals surface area (Å²) in [4.78, 5) is 28.5. The van der Waals surface area contributed by atoms with Crippen molar-refractivity contribution in [2.75, 3.05) is 6.54 Å². The Bertz CT molecular complexity index is 2730. The van der Waals surface area contributed by atoms with Crippen LogP contribution in [0.3, 0.4) is 0 Å². The smallest absolute Gasteiger partial charge is 0.338 e. The quantitative estimate of drug-likeness (QED) is 0.0255. The molecule has 0 radical (unpaired) electrons. The largest absolute Gasteiger partial charge is 0.457 e. The fourth-order valence-electron chi connectivity index (χ4n) is 18.5. The first-order valence-electron chi connectivity index (χ1n) is 33.9. The molecule has 0 amide bonds. The van der Waals surface area contributed by atoms with E-state index in [4.69, 9.17) is 9.47 Å². The molecule has 0 bridgehead atoms. The minimum absolute atomic E-state index is 0.205. The lowest BCUT2D eigenvalue weighted by Crippen LogP contribution is -2.82. The molecule has 0 aliphatic carbocycles. The Morgan fingerprint density at radius 2 is 0.535 bits per heavy atom. The van der Waals surface area contributed by atoms with Gasteiger partial charge in [0.05, 0.1) is 50.0 Å². The van der Waals surface area contributed by atoms with Gasteiger partial charge in [-0.3, -0.25) is 0 Å². The van der Waals surface area contributed by atoms with E-state index in [1.165, 1.54) is 43.0 Å². The van der Waals surface area contributed by atoms with Crippen LogP contribution < -0.4 is 31.4 Å². The molecule has 0 atom stereocenters. The number of carbonyl (C=O) groups is 2. The molecule has 0 heterocycles. The maximum Gasteiger partial charge on any atom is 0.338 e. The zero-order valence-corrected chi connectivity index (χ0v) is 62.8. The van der Waals surface area contributed by atoms with Gasteiger partial charge in [0.2, 0.25) is 0 Å². The summed E-state index contributed by atoms with van der Waals surface area (Å²) in [7, 11) is -8.25. The SMILES string of the molecule is CC(C)[Si](c1cc(C(=O)OCc2ccc(C[NH2+]CCCc3ccc(C[NH2+]Cc4ccc(COC(=O)c5cc([Si](C(C)C)(C(C)C)C(C)C)cc([Si](C(C)C)(C(C)C)C(C)C)c5)cc4)cc3)cc2)cc([Si](C(C)C)(C(C)C)C(C)C)c1)(C(C)C)C(C)C. The average Bonchev–Trinajstić information content (AvgIpc) is 0.777. The van der Waals surface area contributed by atoms with Crippen LogP contribution in [0.2, 0.25) is 66.5 Å². The van der Waals surface area contributed by atoms with Gasteiger partial charge in [0.25, 0.3) is 0 Å². The number of aryl methyl sites for hydroxylation is 1. The van der Waals surface area contributed by atoms with Crippen LogP contribution in [0.15, 0.2) is 109 Å². The van der Waals surface area contributed by atoms with E-state index in [0.717, 1.165) is 61.3 Å². The fourth-order valence-corrected chi connectivity index (χ4v) is 46.0. The number of nitrogens with two attached hydrogens (primary N) is 2. The summed E-state index contributed by atoms with van der Waals surface area (Å²) in [6.07, 6.45) is 2.17.